The molecule has 2 rings (SSSR count). The molecule has 1 atom stereocenters. The second-order valence-corrected chi connectivity index (χ2v) is 8.31. The third-order valence-corrected chi connectivity index (χ3v) is 5.62. The van der Waals surface area contributed by atoms with E-state index in [0.29, 0.717) is 5.92 Å². The van der Waals surface area contributed by atoms with Crippen LogP contribution >= 0.6 is 35.3 Å². The average molecular weight is 509 g/mol. The summed E-state index contributed by atoms with van der Waals surface area (Å²) in [6.45, 7) is 18.3. The molecule has 0 saturated carbocycles. The van der Waals surface area contributed by atoms with Crippen LogP contribution in [0.15, 0.2) is 10.4 Å². The first kappa shape index (κ1) is 24.6. The van der Waals surface area contributed by atoms with Crippen LogP contribution in [0.5, 0.6) is 0 Å². The molecule has 0 aromatic carbocycles. The van der Waals surface area contributed by atoms with Crippen molar-refractivity contribution in [3.63, 3.8) is 0 Å². The lowest BCUT2D eigenvalue weighted by atomic mass is 10.1. The Kier molecular flexibility index (Phi) is 11.7. The predicted octanol–water partition coefficient (Wildman–Crippen LogP) is 2.74. The number of aromatic nitrogens is 1. The fourth-order valence-electron chi connectivity index (χ4n) is 3.30. The number of hydrogen-bond acceptors (Lipinski definition) is 5. The van der Waals surface area contributed by atoms with Crippen molar-refractivity contribution in [2.75, 3.05) is 59.4 Å². The minimum Gasteiger partial charge on any atom is -0.357 e. The van der Waals surface area contributed by atoms with Crippen molar-refractivity contribution >= 4 is 41.3 Å². The number of halogens is 1. The summed E-state index contributed by atoms with van der Waals surface area (Å²) in [6.07, 6.45) is 0. The molecule has 1 saturated heterocycles. The highest BCUT2D eigenvalue weighted by atomic mass is 127. The molecule has 0 bridgehead atoms. The summed E-state index contributed by atoms with van der Waals surface area (Å²) in [7, 11) is 2.09. The van der Waals surface area contributed by atoms with Crippen molar-refractivity contribution in [3.8, 4) is 0 Å². The molecule has 1 aliphatic heterocycles. The Morgan fingerprint density at radius 3 is 2.52 bits per heavy atom. The normalized spacial score (nSPS) is 17.4. The molecule has 1 unspecified atom stereocenters. The molecule has 1 N–H and O–H groups in total. The average Bonchev–Trinajstić information content (AvgIpc) is 3.04. The van der Waals surface area contributed by atoms with Crippen LogP contribution < -0.4 is 5.32 Å². The van der Waals surface area contributed by atoms with E-state index in [9.17, 15) is 0 Å². The summed E-state index contributed by atoms with van der Waals surface area (Å²) in [5.74, 6) is 1.53. The van der Waals surface area contributed by atoms with Gasteiger partial charge in [0.25, 0.3) is 0 Å². The third kappa shape index (κ3) is 8.62. The lowest BCUT2D eigenvalue weighted by Crippen LogP contribution is -2.47. The van der Waals surface area contributed by atoms with E-state index in [0.717, 1.165) is 42.8 Å². The predicted molar refractivity (Wildman–Crippen MR) is 127 cm³/mol. The molecule has 0 aliphatic carbocycles. The summed E-state index contributed by atoms with van der Waals surface area (Å²) >= 11 is 1.70. The Morgan fingerprint density at radius 2 is 1.96 bits per heavy atom. The Morgan fingerprint density at radius 1 is 1.30 bits per heavy atom. The zero-order valence-corrected chi connectivity index (χ0v) is 20.7. The number of thiazole rings is 1. The Bertz CT molecular complexity index is 556. The van der Waals surface area contributed by atoms with Gasteiger partial charge in [-0.05, 0) is 26.3 Å². The van der Waals surface area contributed by atoms with Crippen LogP contribution in [0.3, 0.4) is 0 Å². The fourth-order valence-corrected chi connectivity index (χ4v) is 3.90. The lowest BCUT2D eigenvalue weighted by molar-refractivity contribution is 0.125. The zero-order valence-electron chi connectivity index (χ0n) is 17.6. The highest BCUT2D eigenvalue weighted by Crippen LogP contribution is 2.10. The van der Waals surface area contributed by atoms with Gasteiger partial charge in [0.05, 0.1) is 17.2 Å². The molecular weight excluding hydrogens is 471 g/mol. The van der Waals surface area contributed by atoms with E-state index < -0.39 is 0 Å². The van der Waals surface area contributed by atoms with Gasteiger partial charge in [-0.25, -0.2) is 4.98 Å². The molecule has 1 aromatic heterocycles. The number of aryl methyl sites for hydroxylation is 1. The smallest absolute Gasteiger partial charge is 0.194 e. The standard InChI is InChI=1S/C19H36N6S.HI/c1-6-20-19(23(5)14-18-15-26-17(4)22-18)21-12-16(3)13-25-10-8-24(7-2)9-11-25;/h15-16H,6-14H2,1-5H3,(H,20,21);1H. The number of rotatable bonds is 8. The van der Waals surface area contributed by atoms with Gasteiger partial charge in [-0.2, -0.15) is 0 Å². The first-order chi connectivity index (χ1) is 12.5. The number of nitrogens with zero attached hydrogens (tertiary/aromatic N) is 5. The molecule has 1 aromatic rings. The van der Waals surface area contributed by atoms with E-state index in [-0.39, 0.29) is 24.0 Å². The largest absolute Gasteiger partial charge is 0.357 e. The molecule has 27 heavy (non-hydrogen) atoms. The molecule has 1 aliphatic rings. The number of hydrogen-bond donors (Lipinski definition) is 1. The van der Waals surface area contributed by atoms with Gasteiger partial charge in [0.1, 0.15) is 0 Å². The minimum absolute atomic E-state index is 0. The van der Waals surface area contributed by atoms with Crippen LogP contribution in [0.25, 0.3) is 0 Å². The Hall–Kier alpha value is -0.450. The first-order valence-electron chi connectivity index (χ1n) is 9.87. The topological polar surface area (TPSA) is 47.0 Å². The monoisotopic (exact) mass is 508 g/mol. The van der Waals surface area contributed by atoms with Crippen molar-refractivity contribution in [2.45, 2.75) is 34.2 Å². The lowest BCUT2D eigenvalue weighted by Gasteiger charge is -2.35. The summed E-state index contributed by atoms with van der Waals surface area (Å²) in [6, 6.07) is 0. The van der Waals surface area contributed by atoms with Crippen molar-refractivity contribution in [2.24, 2.45) is 10.9 Å². The quantitative estimate of drug-likeness (QED) is 0.333. The molecule has 0 amide bonds. The molecule has 0 radical (unpaired) electrons. The van der Waals surface area contributed by atoms with Gasteiger partial charge in [0.2, 0.25) is 0 Å². The van der Waals surface area contributed by atoms with Gasteiger partial charge in [0, 0.05) is 58.2 Å². The fraction of sp³-hybridized carbons (Fsp3) is 0.789. The highest BCUT2D eigenvalue weighted by molar-refractivity contribution is 14.0. The number of aliphatic imine (C=N–C) groups is 1. The first-order valence-corrected chi connectivity index (χ1v) is 10.7. The number of piperazine rings is 1. The van der Waals surface area contributed by atoms with E-state index in [1.54, 1.807) is 11.3 Å². The second-order valence-electron chi connectivity index (χ2n) is 7.25. The Labute approximate surface area is 186 Å². The van der Waals surface area contributed by atoms with Gasteiger partial charge >= 0.3 is 0 Å². The number of guanidine groups is 1. The van der Waals surface area contributed by atoms with E-state index in [1.165, 1.54) is 32.7 Å². The zero-order chi connectivity index (χ0) is 18.9. The maximum Gasteiger partial charge on any atom is 0.194 e. The van der Waals surface area contributed by atoms with Gasteiger partial charge in [-0.1, -0.05) is 13.8 Å². The van der Waals surface area contributed by atoms with Crippen LogP contribution in [0.2, 0.25) is 0 Å². The molecule has 2 heterocycles. The van der Waals surface area contributed by atoms with Gasteiger partial charge in [-0.15, -0.1) is 35.3 Å². The molecule has 8 heteroatoms. The van der Waals surface area contributed by atoms with E-state index >= 15 is 0 Å². The Balaban J connectivity index is 0.00000364. The number of nitrogens with one attached hydrogen (secondary N) is 1. The van der Waals surface area contributed by atoms with Gasteiger partial charge in [-0.3, -0.25) is 4.99 Å². The van der Waals surface area contributed by atoms with Gasteiger partial charge < -0.3 is 20.0 Å². The molecule has 6 nitrogen and oxygen atoms in total. The second kappa shape index (κ2) is 12.9. The summed E-state index contributed by atoms with van der Waals surface area (Å²) in [4.78, 5) is 16.7. The van der Waals surface area contributed by atoms with E-state index in [1.807, 2.05) is 0 Å². The summed E-state index contributed by atoms with van der Waals surface area (Å²) in [5, 5.41) is 6.66. The molecule has 1 fully saturated rings. The van der Waals surface area contributed by atoms with Crippen LogP contribution in [0.4, 0.5) is 0 Å². The van der Waals surface area contributed by atoms with Crippen molar-refractivity contribution in [1.29, 1.82) is 0 Å². The van der Waals surface area contributed by atoms with Crippen LogP contribution in [-0.4, -0.2) is 85.0 Å². The van der Waals surface area contributed by atoms with Crippen molar-refractivity contribution in [3.05, 3.63) is 16.1 Å². The molecular formula is C19H37IN6S. The van der Waals surface area contributed by atoms with Gasteiger partial charge in [0.15, 0.2) is 5.96 Å². The van der Waals surface area contributed by atoms with Crippen molar-refractivity contribution < 1.29 is 0 Å². The van der Waals surface area contributed by atoms with Crippen molar-refractivity contribution in [1.82, 2.24) is 25.0 Å². The highest BCUT2D eigenvalue weighted by Gasteiger charge is 2.17. The summed E-state index contributed by atoms with van der Waals surface area (Å²) < 4.78 is 0. The van der Waals surface area contributed by atoms with E-state index in [4.69, 9.17) is 4.99 Å². The van der Waals surface area contributed by atoms with Crippen LogP contribution in [0, 0.1) is 12.8 Å². The number of likely N-dealkylation sites (N-methyl/N-ethyl adjacent to an activating group) is 1. The minimum atomic E-state index is 0. The van der Waals surface area contributed by atoms with Crippen LogP contribution in [-0.2, 0) is 6.54 Å². The molecule has 156 valence electrons. The maximum absolute atomic E-state index is 4.88. The van der Waals surface area contributed by atoms with Crippen LogP contribution in [0.1, 0.15) is 31.5 Å². The van der Waals surface area contributed by atoms with E-state index in [2.05, 4.69) is 65.1 Å². The third-order valence-electron chi connectivity index (χ3n) is 4.80. The molecule has 0 spiro atoms. The summed E-state index contributed by atoms with van der Waals surface area (Å²) in [5.41, 5.74) is 1.11. The SMILES string of the molecule is CCNC(=NCC(C)CN1CCN(CC)CC1)N(C)Cc1csc(C)n1.I. The maximum atomic E-state index is 4.88.